The highest BCUT2D eigenvalue weighted by Gasteiger charge is 2.31. The van der Waals surface area contributed by atoms with Gasteiger partial charge in [-0.3, -0.25) is 15.0 Å². The molecule has 10 nitrogen and oxygen atoms in total. The number of nitrogens with one attached hydrogen (secondary N) is 2. The Hall–Kier alpha value is -1.83. The largest absolute Gasteiger partial charge is 0.468 e. The first-order valence-corrected chi connectivity index (χ1v) is 12.6. The Morgan fingerprint density at radius 2 is 1.80 bits per heavy atom. The van der Waals surface area contributed by atoms with Gasteiger partial charge in [-0.25, -0.2) is 19.8 Å². The number of esters is 1. The van der Waals surface area contributed by atoms with Gasteiger partial charge in [0.05, 0.1) is 39.3 Å². The van der Waals surface area contributed by atoms with Crippen molar-refractivity contribution < 1.29 is 19.1 Å². The van der Waals surface area contributed by atoms with Gasteiger partial charge in [0.25, 0.3) is 0 Å². The lowest BCUT2D eigenvalue weighted by Gasteiger charge is -2.20. The summed E-state index contributed by atoms with van der Waals surface area (Å²) >= 11 is 19.7. The summed E-state index contributed by atoms with van der Waals surface area (Å²) < 4.78 is 4.24. The van der Waals surface area contributed by atoms with Crippen LogP contribution in [0.1, 0.15) is 34.5 Å². The number of thiazole rings is 2. The van der Waals surface area contributed by atoms with Gasteiger partial charge in [0.2, 0.25) is 5.91 Å². The lowest BCUT2D eigenvalue weighted by molar-refractivity contribution is -0.142. The highest BCUT2D eigenvalue weighted by atomic mass is 35.5. The molecule has 194 valence electrons. The van der Waals surface area contributed by atoms with Crippen LogP contribution in [-0.2, 0) is 19.1 Å². The molecule has 1 amide bonds. The number of methoxy groups -OCH3 is 1. The summed E-state index contributed by atoms with van der Waals surface area (Å²) in [6, 6.07) is 0. The number of halogens is 4. The zero-order chi connectivity index (χ0) is 26.0. The second-order valence-corrected chi connectivity index (χ2v) is 9.46. The van der Waals surface area contributed by atoms with Gasteiger partial charge < -0.3 is 15.8 Å². The molecule has 0 fully saturated rings. The second kappa shape index (κ2) is 16.0. The number of hydrogen-bond donors (Lipinski definition) is 3. The van der Waals surface area contributed by atoms with Crippen molar-refractivity contribution in [2.45, 2.75) is 43.4 Å². The van der Waals surface area contributed by atoms with Crippen molar-refractivity contribution in [1.82, 2.24) is 15.3 Å². The number of alkyl halides is 3. The standard InChI is InChI=1S/C8H7Cl2N3OS.C6H9ClO3.C5H7N3S.ClH/c1-3-5(15-2-11-3)7-12-6(10)4(9)8(14)13-7;1-3-4(8)5(7)6(9)10-2;1-3-4(5(6)7)9-2-8-3;/h2,4,6H,1H3,(H,12,13,14);5H,3H2,1-2H3;2H,1H3,(H3,6,7);1H. The number of aliphatic imine (C=N–C) groups is 1. The highest BCUT2D eigenvalue weighted by molar-refractivity contribution is 7.12. The lowest BCUT2D eigenvalue weighted by atomic mass is 10.2. The van der Waals surface area contributed by atoms with Crippen LogP contribution in [0.4, 0.5) is 0 Å². The molecule has 0 bridgehead atoms. The van der Waals surface area contributed by atoms with Gasteiger partial charge in [0.15, 0.2) is 16.7 Å². The fourth-order valence-electron chi connectivity index (χ4n) is 2.15. The first-order chi connectivity index (χ1) is 15.9. The van der Waals surface area contributed by atoms with Gasteiger partial charge >= 0.3 is 5.97 Å². The molecule has 0 aromatic carbocycles. The summed E-state index contributed by atoms with van der Waals surface area (Å²) in [5.74, 6) is -0.761. The number of aryl methyl sites for hydroxylation is 2. The van der Waals surface area contributed by atoms with E-state index in [4.69, 9.17) is 45.9 Å². The highest BCUT2D eigenvalue weighted by Crippen LogP contribution is 2.20. The Morgan fingerprint density at radius 1 is 1.23 bits per heavy atom. The summed E-state index contributed by atoms with van der Waals surface area (Å²) in [5, 5.41) is 7.70. The van der Waals surface area contributed by atoms with Gasteiger partial charge in [-0.2, -0.15) is 0 Å². The molecule has 0 saturated heterocycles. The quantitative estimate of drug-likeness (QED) is 0.117. The predicted molar refractivity (Wildman–Crippen MR) is 143 cm³/mol. The van der Waals surface area contributed by atoms with Crippen LogP contribution in [0.15, 0.2) is 16.0 Å². The van der Waals surface area contributed by atoms with Gasteiger partial charge in [0, 0.05) is 6.42 Å². The third-order valence-electron chi connectivity index (χ3n) is 3.98. The Kier molecular flexibility index (Phi) is 15.2. The lowest BCUT2D eigenvalue weighted by Crippen LogP contribution is -2.45. The van der Waals surface area contributed by atoms with Crippen molar-refractivity contribution in [1.29, 1.82) is 5.41 Å². The molecule has 0 radical (unpaired) electrons. The Bertz CT molecular complexity index is 1050. The van der Waals surface area contributed by atoms with E-state index in [1.165, 1.54) is 29.8 Å². The number of hydrogen-bond acceptors (Lipinski definition) is 10. The average molecular weight is 606 g/mol. The van der Waals surface area contributed by atoms with Gasteiger partial charge in [-0.15, -0.1) is 58.3 Å². The van der Waals surface area contributed by atoms with E-state index in [9.17, 15) is 14.4 Å². The third-order valence-corrected chi connectivity index (χ3v) is 7.21. The van der Waals surface area contributed by atoms with E-state index in [0.717, 1.165) is 21.1 Å². The number of ketones is 1. The van der Waals surface area contributed by atoms with Crippen LogP contribution in [-0.4, -0.2) is 62.7 Å². The summed E-state index contributed by atoms with van der Waals surface area (Å²) in [4.78, 5) is 46.3. The van der Waals surface area contributed by atoms with Crippen molar-refractivity contribution >= 4 is 99.2 Å². The molecular formula is C19H24Cl4N6O4S2. The smallest absolute Gasteiger partial charge is 0.331 e. The minimum Gasteiger partial charge on any atom is -0.468 e. The van der Waals surface area contributed by atoms with Crippen molar-refractivity contribution in [3.05, 3.63) is 32.2 Å². The summed E-state index contributed by atoms with van der Waals surface area (Å²) in [6.45, 7) is 5.32. The maximum absolute atomic E-state index is 11.4. The molecule has 2 aromatic rings. The first-order valence-electron chi connectivity index (χ1n) is 9.50. The Balaban J connectivity index is 0.000000512. The number of ether oxygens (including phenoxy) is 1. The number of nitrogens with two attached hydrogens (primary N) is 1. The molecule has 35 heavy (non-hydrogen) atoms. The molecule has 0 aliphatic carbocycles. The minimum absolute atomic E-state index is 0. The molecular weight excluding hydrogens is 582 g/mol. The van der Waals surface area contributed by atoms with Crippen LogP contribution in [0.5, 0.6) is 0 Å². The van der Waals surface area contributed by atoms with E-state index >= 15 is 0 Å². The van der Waals surface area contributed by atoms with Crippen LogP contribution >= 0.6 is 69.9 Å². The molecule has 16 heteroatoms. The maximum Gasteiger partial charge on any atom is 0.331 e. The molecule has 2 aromatic heterocycles. The van der Waals surface area contributed by atoms with E-state index in [1.54, 1.807) is 17.9 Å². The number of carbonyl (C=O) groups excluding carboxylic acids is 3. The van der Waals surface area contributed by atoms with Crippen LogP contribution in [0, 0.1) is 19.3 Å². The molecule has 1 aliphatic heterocycles. The zero-order valence-electron chi connectivity index (χ0n) is 19.0. The van der Waals surface area contributed by atoms with Crippen molar-refractivity contribution in [2.24, 2.45) is 10.7 Å². The molecule has 1 aliphatic rings. The molecule has 3 rings (SSSR count). The van der Waals surface area contributed by atoms with Gasteiger partial charge in [-0.1, -0.05) is 18.5 Å². The zero-order valence-corrected chi connectivity index (χ0v) is 23.7. The van der Waals surface area contributed by atoms with E-state index < -0.39 is 22.2 Å². The number of amidine groups is 2. The van der Waals surface area contributed by atoms with E-state index in [0.29, 0.717) is 5.84 Å². The van der Waals surface area contributed by atoms with E-state index in [2.05, 4.69) is 25.0 Å². The molecule has 0 spiro atoms. The summed E-state index contributed by atoms with van der Waals surface area (Å²) in [6.07, 6.45) is 0.253. The topological polar surface area (TPSA) is 160 Å². The third kappa shape index (κ3) is 9.98. The average Bonchev–Trinajstić information content (AvgIpc) is 3.44. The van der Waals surface area contributed by atoms with Gasteiger partial charge in [-0.05, 0) is 13.8 Å². The monoisotopic (exact) mass is 604 g/mol. The van der Waals surface area contributed by atoms with Crippen LogP contribution in [0.2, 0.25) is 0 Å². The second-order valence-electron chi connectivity index (χ2n) is 6.39. The summed E-state index contributed by atoms with van der Waals surface area (Å²) in [5.41, 5.74) is 9.52. The first kappa shape index (κ1) is 33.2. The van der Waals surface area contributed by atoms with Crippen molar-refractivity contribution in [2.75, 3.05) is 7.11 Å². The van der Waals surface area contributed by atoms with Crippen molar-refractivity contribution in [3.63, 3.8) is 0 Å². The van der Waals surface area contributed by atoms with Crippen molar-refractivity contribution in [3.8, 4) is 0 Å². The van der Waals surface area contributed by atoms with E-state index in [1.807, 2.05) is 13.8 Å². The fourth-order valence-corrected chi connectivity index (χ4v) is 4.14. The Labute approximate surface area is 231 Å². The molecule has 3 heterocycles. The fraction of sp³-hybridized carbons (Fsp3) is 0.421. The van der Waals surface area contributed by atoms with Crippen LogP contribution < -0.4 is 11.1 Å². The maximum atomic E-state index is 11.4. The van der Waals surface area contributed by atoms with Gasteiger partial charge in [0.1, 0.15) is 17.0 Å². The van der Waals surface area contributed by atoms with Crippen LogP contribution in [0.3, 0.4) is 0 Å². The molecule has 3 unspecified atom stereocenters. The minimum atomic E-state index is -1.13. The van der Waals surface area contributed by atoms with E-state index in [-0.39, 0.29) is 36.4 Å². The number of nitrogen functional groups attached to an aromatic ring is 1. The number of nitrogens with zero attached hydrogens (tertiary/aromatic N) is 3. The number of Topliss-reactive ketones (excluding diaryl/α,β-unsaturated/α-hetero) is 1. The molecule has 3 atom stereocenters. The number of carbonyl (C=O) groups is 3. The number of aromatic nitrogens is 2. The summed E-state index contributed by atoms with van der Waals surface area (Å²) in [7, 11) is 1.20. The Morgan fingerprint density at radius 3 is 2.17 bits per heavy atom. The van der Waals surface area contributed by atoms with Crippen LogP contribution in [0.25, 0.3) is 0 Å². The normalized spacial score (nSPS) is 17.1. The molecule has 0 saturated carbocycles. The molecule has 4 N–H and O–H groups in total. The SMILES string of the molecule is CCC(=O)C(Cl)C(=O)OC.Cc1ncsc1C(=N)N.Cc1ncsc1C1=NC(Cl)C(Cl)C(=O)N1.Cl. The number of rotatable bonds is 5. The number of amides is 1. The predicted octanol–water partition coefficient (Wildman–Crippen LogP) is 3.40.